The number of aliphatic imine (C=N–C) groups is 1. The van der Waals surface area contributed by atoms with E-state index in [-0.39, 0.29) is 6.04 Å². The second-order valence-electron chi connectivity index (χ2n) is 5.53. The molecule has 2 saturated carbocycles. The van der Waals surface area contributed by atoms with Gasteiger partial charge in [-0.15, -0.1) is 0 Å². The second kappa shape index (κ2) is 5.98. The normalized spacial score (nSPS) is 37.8. The van der Waals surface area contributed by atoms with E-state index in [0.717, 1.165) is 37.5 Å². The van der Waals surface area contributed by atoms with Gasteiger partial charge in [0.2, 0.25) is 6.08 Å². The van der Waals surface area contributed by atoms with Gasteiger partial charge in [-0.1, -0.05) is 0 Å². The molecule has 0 atom stereocenters. The summed E-state index contributed by atoms with van der Waals surface area (Å²) in [6, 6.07) is 2.63. The molecule has 0 heterocycles. The molecule has 0 aliphatic heterocycles. The number of isocyanates is 1. The third-order valence-corrected chi connectivity index (χ3v) is 4.60. The molecule has 17 heavy (non-hydrogen) atoms. The van der Waals surface area contributed by atoms with Crippen LogP contribution in [0.2, 0.25) is 0 Å². The van der Waals surface area contributed by atoms with Crippen LogP contribution in [0.4, 0.5) is 0 Å². The highest BCUT2D eigenvalue weighted by Gasteiger charge is 2.30. The maximum atomic E-state index is 10.2. The summed E-state index contributed by atoms with van der Waals surface area (Å²) in [5.74, 6) is 1.94. The predicted molar refractivity (Wildman–Crippen MR) is 64.9 cm³/mol. The quantitative estimate of drug-likeness (QED) is 0.542. The standard InChI is InChI=1S/C14H20N2O/c15-9-11-1-3-12(4-2-11)13-5-7-14(8-6-13)16-10-17/h11-14H,1-8H2. The van der Waals surface area contributed by atoms with Crippen LogP contribution in [0.15, 0.2) is 4.99 Å². The topological polar surface area (TPSA) is 53.2 Å². The molecule has 0 aromatic carbocycles. The van der Waals surface area contributed by atoms with Gasteiger partial charge < -0.3 is 0 Å². The van der Waals surface area contributed by atoms with Gasteiger partial charge in [-0.05, 0) is 63.2 Å². The fourth-order valence-corrected chi connectivity index (χ4v) is 3.50. The highest BCUT2D eigenvalue weighted by molar-refractivity contribution is 5.33. The molecule has 0 radical (unpaired) electrons. The van der Waals surface area contributed by atoms with E-state index >= 15 is 0 Å². The molecule has 0 aromatic heterocycles. The predicted octanol–water partition coefficient (Wildman–Crippen LogP) is 3.21. The van der Waals surface area contributed by atoms with Crippen LogP contribution in [0.3, 0.4) is 0 Å². The van der Waals surface area contributed by atoms with Crippen molar-refractivity contribution < 1.29 is 4.79 Å². The Labute approximate surface area is 103 Å². The lowest BCUT2D eigenvalue weighted by atomic mass is 9.70. The Morgan fingerprint density at radius 2 is 1.41 bits per heavy atom. The first-order valence-corrected chi connectivity index (χ1v) is 6.80. The third kappa shape index (κ3) is 3.17. The zero-order chi connectivity index (χ0) is 12.1. The molecule has 2 rings (SSSR count). The summed E-state index contributed by atoms with van der Waals surface area (Å²) in [6.07, 6.45) is 10.8. The van der Waals surface area contributed by atoms with Crippen LogP contribution in [0.1, 0.15) is 51.4 Å². The molecule has 2 aliphatic carbocycles. The van der Waals surface area contributed by atoms with Crippen molar-refractivity contribution >= 4 is 6.08 Å². The van der Waals surface area contributed by atoms with Crippen molar-refractivity contribution in [3.8, 4) is 6.07 Å². The third-order valence-electron chi connectivity index (χ3n) is 4.60. The smallest absolute Gasteiger partial charge is 0.211 e. The molecule has 92 valence electrons. The zero-order valence-electron chi connectivity index (χ0n) is 10.3. The summed E-state index contributed by atoms with van der Waals surface area (Å²) in [6.45, 7) is 0. The molecule has 3 heteroatoms. The Bertz CT molecular complexity index is 325. The first-order chi connectivity index (χ1) is 8.33. The maximum absolute atomic E-state index is 10.2. The molecule has 0 aromatic rings. The lowest BCUT2D eigenvalue weighted by Gasteiger charge is -2.35. The molecular weight excluding hydrogens is 212 g/mol. The van der Waals surface area contributed by atoms with E-state index < -0.39 is 0 Å². The van der Waals surface area contributed by atoms with Crippen LogP contribution in [-0.2, 0) is 4.79 Å². The summed E-state index contributed by atoms with van der Waals surface area (Å²) in [7, 11) is 0. The lowest BCUT2D eigenvalue weighted by molar-refractivity contribution is 0.174. The van der Waals surface area contributed by atoms with Gasteiger partial charge in [-0.3, -0.25) is 0 Å². The van der Waals surface area contributed by atoms with Crippen LogP contribution in [0.25, 0.3) is 0 Å². The minimum absolute atomic E-state index is 0.235. The van der Waals surface area contributed by atoms with Crippen LogP contribution >= 0.6 is 0 Å². The van der Waals surface area contributed by atoms with Crippen LogP contribution in [0, 0.1) is 29.1 Å². The fourth-order valence-electron chi connectivity index (χ4n) is 3.50. The Morgan fingerprint density at radius 1 is 0.882 bits per heavy atom. The van der Waals surface area contributed by atoms with E-state index in [1.807, 2.05) is 0 Å². The average Bonchev–Trinajstić information content (AvgIpc) is 2.40. The van der Waals surface area contributed by atoms with Crippen LogP contribution in [-0.4, -0.2) is 12.1 Å². The van der Waals surface area contributed by atoms with Crippen molar-refractivity contribution in [3.63, 3.8) is 0 Å². The molecule has 0 saturated heterocycles. The number of carbonyl (C=O) groups excluding carboxylic acids is 1. The van der Waals surface area contributed by atoms with Crippen molar-refractivity contribution in [3.05, 3.63) is 0 Å². The first kappa shape index (κ1) is 12.3. The minimum atomic E-state index is 0.235. The maximum Gasteiger partial charge on any atom is 0.235 e. The lowest BCUT2D eigenvalue weighted by Crippen LogP contribution is -2.26. The Balaban J connectivity index is 1.78. The van der Waals surface area contributed by atoms with Gasteiger partial charge >= 0.3 is 0 Å². The molecule has 0 spiro atoms. The van der Waals surface area contributed by atoms with E-state index in [4.69, 9.17) is 5.26 Å². The van der Waals surface area contributed by atoms with Crippen LogP contribution in [0.5, 0.6) is 0 Å². The van der Waals surface area contributed by atoms with Gasteiger partial charge in [0, 0.05) is 5.92 Å². The summed E-state index contributed by atoms with van der Waals surface area (Å²) in [5, 5.41) is 8.88. The number of rotatable bonds is 2. The van der Waals surface area contributed by atoms with Gasteiger partial charge in [0.1, 0.15) is 0 Å². The number of nitriles is 1. The van der Waals surface area contributed by atoms with Crippen molar-refractivity contribution in [1.29, 1.82) is 5.26 Å². The summed E-state index contributed by atoms with van der Waals surface area (Å²) in [5.41, 5.74) is 0. The SMILES string of the molecule is N#CC1CCC(C2CCC(N=C=O)CC2)CC1. The molecule has 2 fully saturated rings. The van der Waals surface area contributed by atoms with Gasteiger partial charge in [0.25, 0.3) is 0 Å². The van der Waals surface area contributed by atoms with Crippen molar-refractivity contribution in [2.45, 2.75) is 57.4 Å². The van der Waals surface area contributed by atoms with Crippen molar-refractivity contribution in [2.75, 3.05) is 0 Å². The van der Waals surface area contributed by atoms with E-state index in [1.165, 1.54) is 25.7 Å². The molecular formula is C14H20N2O. The van der Waals surface area contributed by atoms with Gasteiger partial charge in [-0.2, -0.15) is 5.26 Å². The van der Waals surface area contributed by atoms with E-state index in [2.05, 4.69) is 11.1 Å². The highest BCUT2D eigenvalue weighted by Crippen LogP contribution is 2.40. The first-order valence-electron chi connectivity index (χ1n) is 6.80. The molecule has 3 nitrogen and oxygen atoms in total. The van der Waals surface area contributed by atoms with Crippen molar-refractivity contribution in [1.82, 2.24) is 0 Å². The van der Waals surface area contributed by atoms with E-state index in [1.54, 1.807) is 6.08 Å². The summed E-state index contributed by atoms with van der Waals surface area (Å²) >= 11 is 0. The largest absolute Gasteiger partial charge is 0.235 e. The second-order valence-corrected chi connectivity index (χ2v) is 5.53. The summed E-state index contributed by atoms with van der Waals surface area (Å²) < 4.78 is 0. The van der Waals surface area contributed by atoms with Crippen LogP contribution < -0.4 is 0 Å². The van der Waals surface area contributed by atoms with E-state index in [9.17, 15) is 4.79 Å². The Kier molecular flexibility index (Phi) is 4.34. The molecule has 0 unspecified atom stereocenters. The number of nitrogens with zero attached hydrogens (tertiary/aromatic N) is 2. The highest BCUT2D eigenvalue weighted by atomic mass is 16.1. The molecule has 0 amide bonds. The zero-order valence-corrected chi connectivity index (χ0v) is 10.3. The van der Waals surface area contributed by atoms with Gasteiger partial charge in [0.15, 0.2) is 0 Å². The minimum Gasteiger partial charge on any atom is -0.211 e. The molecule has 2 aliphatic rings. The fraction of sp³-hybridized carbons (Fsp3) is 0.857. The number of hydrogen-bond donors (Lipinski definition) is 0. The molecule has 0 N–H and O–H groups in total. The summed E-state index contributed by atoms with van der Waals surface area (Å²) in [4.78, 5) is 14.0. The number of hydrogen-bond acceptors (Lipinski definition) is 3. The Morgan fingerprint density at radius 3 is 1.88 bits per heavy atom. The Hall–Kier alpha value is -1.13. The monoisotopic (exact) mass is 232 g/mol. The van der Waals surface area contributed by atoms with Crippen molar-refractivity contribution in [2.24, 2.45) is 22.7 Å². The van der Waals surface area contributed by atoms with Gasteiger partial charge in [0.05, 0.1) is 12.1 Å². The average molecular weight is 232 g/mol. The van der Waals surface area contributed by atoms with Gasteiger partial charge in [-0.25, -0.2) is 9.79 Å². The molecule has 0 bridgehead atoms. The van der Waals surface area contributed by atoms with E-state index in [0.29, 0.717) is 5.92 Å².